The molecule has 2 aromatic carbocycles. The van der Waals surface area contributed by atoms with Crippen molar-refractivity contribution < 1.29 is 9.84 Å². The van der Waals surface area contributed by atoms with Gasteiger partial charge >= 0.3 is 0 Å². The van der Waals surface area contributed by atoms with Gasteiger partial charge in [0.15, 0.2) is 0 Å². The van der Waals surface area contributed by atoms with Gasteiger partial charge in [-0.1, -0.05) is 24.3 Å². The Balaban J connectivity index is 1.98. The minimum atomic E-state index is -0.457. The molecule has 3 rings (SSSR count). The third-order valence-corrected chi connectivity index (χ3v) is 4.92. The van der Waals surface area contributed by atoms with E-state index >= 15 is 0 Å². The Bertz CT molecular complexity index is 761. The highest BCUT2D eigenvalue weighted by molar-refractivity contribution is 7.10. The van der Waals surface area contributed by atoms with E-state index in [4.69, 9.17) is 4.74 Å². The smallest absolute Gasteiger partial charge is 0.119 e. The van der Waals surface area contributed by atoms with Gasteiger partial charge in [0.05, 0.1) is 13.2 Å². The van der Waals surface area contributed by atoms with Crippen LogP contribution in [0.3, 0.4) is 0 Å². The predicted molar refractivity (Wildman–Crippen MR) is 88.2 cm³/mol. The summed E-state index contributed by atoms with van der Waals surface area (Å²) in [4.78, 5) is 1.05. The summed E-state index contributed by atoms with van der Waals surface area (Å²) in [6, 6.07) is 14.3. The van der Waals surface area contributed by atoms with Crippen molar-refractivity contribution in [1.82, 2.24) is 0 Å². The van der Waals surface area contributed by atoms with Crippen LogP contribution in [-0.2, 0) is 6.42 Å². The fourth-order valence-electron chi connectivity index (χ4n) is 2.65. The van der Waals surface area contributed by atoms with Crippen LogP contribution in [0.15, 0.2) is 47.8 Å². The van der Waals surface area contributed by atoms with Gasteiger partial charge in [-0.15, -0.1) is 11.3 Å². The molecule has 1 heterocycles. The van der Waals surface area contributed by atoms with Gasteiger partial charge in [-0.25, -0.2) is 0 Å². The van der Waals surface area contributed by atoms with Crippen molar-refractivity contribution in [3.05, 3.63) is 63.8 Å². The summed E-state index contributed by atoms with van der Waals surface area (Å²) in [5.74, 6) is 0.844. The zero-order valence-electron chi connectivity index (χ0n) is 12.2. The van der Waals surface area contributed by atoms with Crippen molar-refractivity contribution in [2.24, 2.45) is 0 Å². The first kappa shape index (κ1) is 14.1. The molecule has 3 aromatic rings. The molecule has 21 heavy (non-hydrogen) atoms. The number of benzene rings is 2. The second-order valence-corrected chi connectivity index (χ2v) is 6.14. The highest BCUT2D eigenvalue weighted by Crippen LogP contribution is 2.30. The molecule has 0 saturated carbocycles. The maximum atomic E-state index is 10.5. The second kappa shape index (κ2) is 5.88. The molecule has 1 N–H and O–H groups in total. The van der Waals surface area contributed by atoms with Crippen LogP contribution < -0.4 is 4.74 Å². The molecule has 1 atom stereocenters. The number of methoxy groups -OCH3 is 1. The van der Waals surface area contributed by atoms with E-state index < -0.39 is 6.10 Å². The van der Waals surface area contributed by atoms with E-state index in [-0.39, 0.29) is 0 Å². The summed E-state index contributed by atoms with van der Waals surface area (Å²) in [6.07, 6.45) is 0.160. The molecule has 0 amide bonds. The third-order valence-electron chi connectivity index (χ3n) is 3.80. The van der Waals surface area contributed by atoms with Gasteiger partial charge in [-0.3, -0.25) is 0 Å². The molecule has 0 spiro atoms. The van der Waals surface area contributed by atoms with Gasteiger partial charge < -0.3 is 9.84 Å². The first-order valence-corrected chi connectivity index (χ1v) is 7.84. The van der Waals surface area contributed by atoms with Crippen LogP contribution in [0.1, 0.15) is 22.1 Å². The zero-order chi connectivity index (χ0) is 14.8. The van der Waals surface area contributed by atoms with E-state index in [1.54, 1.807) is 18.4 Å². The number of hydrogen-bond acceptors (Lipinski definition) is 3. The van der Waals surface area contributed by atoms with Gasteiger partial charge in [0, 0.05) is 11.3 Å². The standard InChI is InChI=1S/C18H18O2S/c1-12-8-9-21-18(12)17(19)10-14-5-3-4-13-6-7-15(20-2)11-16(13)14/h3-9,11,17,19H,10H2,1-2H3. The molecule has 0 aliphatic carbocycles. The molecule has 1 unspecified atom stereocenters. The van der Waals surface area contributed by atoms with Crippen molar-refractivity contribution >= 4 is 22.1 Å². The van der Waals surface area contributed by atoms with Gasteiger partial charge in [0.2, 0.25) is 0 Å². The summed E-state index contributed by atoms with van der Waals surface area (Å²) in [5.41, 5.74) is 2.30. The Kier molecular flexibility index (Phi) is 3.95. The van der Waals surface area contributed by atoms with E-state index in [9.17, 15) is 5.11 Å². The average Bonchev–Trinajstić information content (AvgIpc) is 2.93. The molecule has 2 nitrogen and oxygen atoms in total. The summed E-state index contributed by atoms with van der Waals surface area (Å²) >= 11 is 1.62. The molecule has 0 aliphatic heterocycles. The van der Waals surface area contributed by atoms with E-state index in [1.165, 1.54) is 5.39 Å². The highest BCUT2D eigenvalue weighted by atomic mass is 32.1. The molecule has 0 bridgehead atoms. The second-order valence-electron chi connectivity index (χ2n) is 5.19. The third kappa shape index (κ3) is 2.80. The zero-order valence-corrected chi connectivity index (χ0v) is 13.0. The Labute approximate surface area is 128 Å². The Morgan fingerprint density at radius 1 is 1.19 bits per heavy atom. The maximum absolute atomic E-state index is 10.5. The molecule has 0 fully saturated rings. The van der Waals surface area contributed by atoms with Crippen LogP contribution in [0.2, 0.25) is 0 Å². The highest BCUT2D eigenvalue weighted by Gasteiger charge is 2.14. The fourth-order valence-corrected chi connectivity index (χ4v) is 3.56. The lowest BCUT2D eigenvalue weighted by atomic mass is 9.98. The normalized spacial score (nSPS) is 12.5. The molecular weight excluding hydrogens is 280 g/mol. The number of thiophene rings is 1. The topological polar surface area (TPSA) is 29.5 Å². The molecule has 108 valence electrons. The van der Waals surface area contributed by atoms with Crippen molar-refractivity contribution in [2.75, 3.05) is 7.11 Å². The van der Waals surface area contributed by atoms with Crippen LogP contribution >= 0.6 is 11.3 Å². The predicted octanol–water partition coefficient (Wildman–Crippen LogP) is 4.49. The lowest BCUT2D eigenvalue weighted by Gasteiger charge is -2.13. The summed E-state index contributed by atoms with van der Waals surface area (Å²) in [7, 11) is 1.67. The van der Waals surface area contributed by atoms with Crippen molar-refractivity contribution in [3.63, 3.8) is 0 Å². The molecule has 3 heteroatoms. The van der Waals surface area contributed by atoms with Gasteiger partial charge in [0.1, 0.15) is 5.75 Å². The molecule has 1 aromatic heterocycles. The molecular formula is C18H18O2S. The minimum Gasteiger partial charge on any atom is -0.497 e. The van der Waals surface area contributed by atoms with E-state index in [0.29, 0.717) is 6.42 Å². The van der Waals surface area contributed by atoms with Gasteiger partial charge in [0.25, 0.3) is 0 Å². The van der Waals surface area contributed by atoms with Crippen molar-refractivity contribution in [1.29, 1.82) is 0 Å². The molecule has 0 saturated heterocycles. The number of aryl methyl sites for hydroxylation is 1. The monoisotopic (exact) mass is 298 g/mol. The quantitative estimate of drug-likeness (QED) is 0.768. The van der Waals surface area contributed by atoms with Crippen LogP contribution in [0, 0.1) is 6.92 Å². The Morgan fingerprint density at radius 2 is 2.05 bits per heavy atom. The molecule has 0 radical (unpaired) electrons. The van der Waals surface area contributed by atoms with Gasteiger partial charge in [-0.2, -0.15) is 0 Å². The van der Waals surface area contributed by atoms with Gasteiger partial charge in [-0.05, 0) is 52.4 Å². The Morgan fingerprint density at radius 3 is 2.76 bits per heavy atom. The van der Waals surface area contributed by atoms with Crippen molar-refractivity contribution in [2.45, 2.75) is 19.4 Å². The van der Waals surface area contributed by atoms with Crippen LogP contribution in [0.5, 0.6) is 5.75 Å². The van der Waals surface area contributed by atoms with Crippen LogP contribution in [-0.4, -0.2) is 12.2 Å². The SMILES string of the molecule is COc1ccc2cccc(CC(O)c3sccc3C)c2c1. The van der Waals surface area contributed by atoms with Crippen molar-refractivity contribution in [3.8, 4) is 5.75 Å². The minimum absolute atomic E-state index is 0.457. The summed E-state index contributed by atoms with van der Waals surface area (Å²) in [6.45, 7) is 2.04. The van der Waals surface area contributed by atoms with E-state index in [1.807, 2.05) is 30.5 Å². The summed E-state index contributed by atoms with van der Waals surface area (Å²) < 4.78 is 5.31. The van der Waals surface area contributed by atoms with E-state index in [0.717, 1.165) is 27.1 Å². The maximum Gasteiger partial charge on any atom is 0.119 e. The first-order chi connectivity index (χ1) is 10.2. The summed E-state index contributed by atoms with van der Waals surface area (Å²) in [5, 5.41) is 14.9. The lowest BCUT2D eigenvalue weighted by Crippen LogP contribution is -2.01. The first-order valence-electron chi connectivity index (χ1n) is 6.96. The molecule has 0 aliphatic rings. The van der Waals surface area contributed by atoms with Crippen LogP contribution in [0.25, 0.3) is 10.8 Å². The number of fused-ring (bicyclic) bond motifs is 1. The Hall–Kier alpha value is -1.84. The largest absolute Gasteiger partial charge is 0.497 e. The number of rotatable bonds is 4. The number of aliphatic hydroxyl groups excluding tert-OH is 1. The average molecular weight is 298 g/mol. The number of ether oxygens (including phenoxy) is 1. The lowest BCUT2D eigenvalue weighted by molar-refractivity contribution is 0.182. The number of aliphatic hydroxyl groups is 1. The fraction of sp³-hybridized carbons (Fsp3) is 0.222. The van der Waals surface area contributed by atoms with E-state index in [2.05, 4.69) is 24.3 Å². The van der Waals surface area contributed by atoms with Crippen LogP contribution in [0.4, 0.5) is 0 Å². The number of hydrogen-bond donors (Lipinski definition) is 1.